The van der Waals surface area contributed by atoms with E-state index in [0.29, 0.717) is 17.3 Å². The Hall–Kier alpha value is -3.07. The van der Waals surface area contributed by atoms with Gasteiger partial charge in [0.25, 0.3) is 5.91 Å². The average molecular weight is 401 g/mol. The van der Waals surface area contributed by atoms with Gasteiger partial charge in [-0.2, -0.15) is 8.75 Å². The summed E-state index contributed by atoms with van der Waals surface area (Å²) in [5.41, 5.74) is 0.593. The van der Waals surface area contributed by atoms with E-state index in [1.165, 1.54) is 4.90 Å². The standard InChI is InChI=1S/C19H23N5O3S/c1-5-13(15-10-9-11(2)27-15)20-17-18(23-28-22-17)21-14-8-6-7-12(16(14)25)19(26)24(3)4/h6-10,13,25H,5H2,1-4H3,(H,20,22)(H,21,23)/t13-/m1/s1. The van der Waals surface area contributed by atoms with Gasteiger partial charge in [-0.1, -0.05) is 13.0 Å². The van der Waals surface area contributed by atoms with Crippen LogP contribution in [-0.4, -0.2) is 38.8 Å². The van der Waals surface area contributed by atoms with Crippen LogP contribution in [0.4, 0.5) is 17.3 Å². The molecule has 9 heteroatoms. The largest absolute Gasteiger partial charge is 0.505 e. The van der Waals surface area contributed by atoms with Crippen molar-refractivity contribution in [3.8, 4) is 5.75 Å². The summed E-state index contributed by atoms with van der Waals surface area (Å²) in [5, 5.41) is 16.9. The number of hydrogen-bond donors (Lipinski definition) is 3. The Morgan fingerprint density at radius 2 is 2.00 bits per heavy atom. The minimum atomic E-state index is -0.282. The Labute approximate surface area is 167 Å². The summed E-state index contributed by atoms with van der Waals surface area (Å²) in [6, 6.07) is 8.75. The van der Waals surface area contributed by atoms with Crippen molar-refractivity contribution in [2.45, 2.75) is 26.3 Å². The van der Waals surface area contributed by atoms with E-state index in [-0.39, 0.29) is 23.3 Å². The van der Waals surface area contributed by atoms with Gasteiger partial charge in [0, 0.05) is 14.1 Å². The quantitative estimate of drug-likeness (QED) is 0.511. The van der Waals surface area contributed by atoms with Gasteiger partial charge in [-0.05, 0) is 37.6 Å². The first kappa shape index (κ1) is 19.7. The number of carbonyl (C=O) groups is 1. The molecule has 0 radical (unpaired) electrons. The lowest BCUT2D eigenvalue weighted by Crippen LogP contribution is -2.21. The third kappa shape index (κ3) is 4.09. The maximum atomic E-state index is 12.2. The zero-order chi connectivity index (χ0) is 20.3. The van der Waals surface area contributed by atoms with Crippen molar-refractivity contribution in [2.24, 2.45) is 0 Å². The Morgan fingerprint density at radius 1 is 1.25 bits per heavy atom. The van der Waals surface area contributed by atoms with Gasteiger partial charge in [0.15, 0.2) is 17.4 Å². The third-order valence-corrected chi connectivity index (χ3v) is 4.77. The molecule has 3 rings (SSSR count). The first-order chi connectivity index (χ1) is 13.4. The molecule has 3 aromatic rings. The van der Waals surface area contributed by atoms with Crippen LogP contribution >= 0.6 is 11.7 Å². The maximum Gasteiger partial charge on any atom is 0.257 e. The summed E-state index contributed by atoms with van der Waals surface area (Å²) in [7, 11) is 3.27. The summed E-state index contributed by atoms with van der Waals surface area (Å²) in [6.07, 6.45) is 0.794. The Bertz CT molecular complexity index is 966. The Balaban J connectivity index is 1.83. The van der Waals surface area contributed by atoms with Gasteiger partial charge < -0.3 is 25.1 Å². The van der Waals surface area contributed by atoms with Crippen LogP contribution in [0.25, 0.3) is 0 Å². The van der Waals surface area contributed by atoms with E-state index in [4.69, 9.17) is 4.42 Å². The van der Waals surface area contributed by atoms with E-state index in [0.717, 1.165) is 29.7 Å². The Morgan fingerprint density at radius 3 is 2.64 bits per heavy atom. The highest BCUT2D eigenvalue weighted by atomic mass is 32.1. The molecule has 28 heavy (non-hydrogen) atoms. The van der Waals surface area contributed by atoms with Crippen molar-refractivity contribution < 1.29 is 14.3 Å². The molecule has 1 amide bonds. The second-order valence-corrected chi connectivity index (χ2v) is 7.07. The summed E-state index contributed by atoms with van der Waals surface area (Å²) < 4.78 is 14.3. The highest BCUT2D eigenvalue weighted by molar-refractivity contribution is 6.99. The highest BCUT2D eigenvalue weighted by Crippen LogP contribution is 2.34. The summed E-state index contributed by atoms with van der Waals surface area (Å²) in [6.45, 7) is 3.95. The van der Waals surface area contributed by atoms with E-state index >= 15 is 0 Å². The monoisotopic (exact) mass is 401 g/mol. The SMILES string of the molecule is CC[C@@H](Nc1nsnc1Nc1cccc(C(=O)N(C)C)c1O)c1ccc(C)o1. The molecule has 148 valence electrons. The number of nitrogens with one attached hydrogen (secondary N) is 2. The molecule has 0 saturated heterocycles. The highest BCUT2D eigenvalue weighted by Gasteiger charge is 2.20. The molecule has 0 aliphatic heterocycles. The lowest BCUT2D eigenvalue weighted by Gasteiger charge is -2.16. The average Bonchev–Trinajstić information content (AvgIpc) is 3.29. The van der Waals surface area contributed by atoms with Crippen LogP contribution in [0.2, 0.25) is 0 Å². The number of aromatic hydroxyl groups is 1. The molecule has 0 aliphatic rings. The van der Waals surface area contributed by atoms with Gasteiger partial charge in [-0.15, -0.1) is 0 Å². The summed E-state index contributed by atoms with van der Waals surface area (Å²) >= 11 is 1.05. The van der Waals surface area contributed by atoms with Gasteiger partial charge in [-0.3, -0.25) is 4.79 Å². The van der Waals surface area contributed by atoms with Crippen molar-refractivity contribution in [2.75, 3.05) is 24.7 Å². The first-order valence-electron chi connectivity index (χ1n) is 8.86. The van der Waals surface area contributed by atoms with E-state index in [1.54, 1.807) is 32.3 Å². The number of benzene rings is 1. The van der Waals surface area contributed by atoms with E-state index in [9.17, 15) is 9.90 Å². The van der Waals surface area contributed by atoms with Crippen molar-refractivity contribution in [1.82, 2.24) is 13.6 Å². The predicted molar refractivity (Wildman–Crippen MR) is 109 cm³/mol. The number of amides is 1. The summed E-state index contributed by atoms with van der Waals surface area (Å²) in [4.78, 5) is 13.6. The minimum absolute atomic E-state index is 0.0617. The molecule has 0 bridgehead atoms. The van der Waals surface area contributed by atoms with E-state index in [1.807, 2.05) is 26.0 Å². The number of anilines is 3. The van der Waals surface area contributed by atoms with Gasteiger partial charge in [0.2, 0.25) is 0 Å². The third-order valence-electron chi connectivity index (χ3n) is 4.24. The van der Waals surface area contributed by atoms with Crippen LogP contribution in [0.1, 0.15) is 41.3 Å². The molecule has 3 N–H and O–H groups in total. The molecule has 2 aromatic heterocycles. The number of nitrogens with zero attached hydrogens (tertiary/aromatic N) is 3. The van der Waals surface area contributed by atoms with E-state index in [2.05, 4.69) is 19.4 Å². The van der Waals surface area contributed by atoms with Crippen LogP contribution in [0.15, 0.2) is 34.7 Å². The second-order valence-electron chi connectivity index (χ2n) is 6.54. The lowest BCUT2D eigenvalue weighted by atomic mass is 10.1. The molecule has 0 unspecified atom stereocenters. The number of furan rings is 1. The molecular weight excluding hydrogens is 378 g/mol. The molecule has 1 aromatic carbocycles. The molecule has 0 aliphatic carbocycles. The number of phenols is 1. The zero-order valence-electron chi connectivity index (χ0n) is 16.2. The molecule has 2 heterocycles. The normalized spacial score (nSPS) is 11.9. The van der Waals surface area contributed by atoms with Crippen molar-refractivity contribution >= 4 is 35.0 Å². The van der Waals surface area contributed by atoms with Crippen LogP contribution in [0.5, 0.6) is 5.75 Å². The molecule has 0 fully saturated rings. The van der Waals surface area contributed by atoms with Gasteiger partial charge in [-0.25, -0.2) is 0 Å². The number of aryl methyl sites for hydroxylation is 1. The molecule has 0 saturated carbocycles. The fourth-order valence-corrected chi connectivity index (χ4v) is 3.21. The van der Waals surface area contributed by atoms with Crippen LogP contribution in [-0.2, 0) is 0 Å². The van der Waals surface area contributed by atoms with Crippen molar-refractivity contribution in [1.29, 1.82) is 0 Å². The number of carbonyl (C=O) groups excluding carboxylic acids is 1. The molecule has 1 atom stereocenters. The topological polar surface area (TPSA) is 104 Å². The maximum absolute atomic E-state index is 12.2. The molecule has 0 spiro atoms. The lowest BCUT2D eigenvalue weighted by molar-refractivity contribution is 0.0824. The number of rotatable bonds is 7. The predicted octanol–water partition coefficient (Wildman–Crippen LogP) is 4.15. The van der Waals surface area contributed by atoms with Gasteiger partial charge >= 0.3 is 0 Å². The Kier molecular flexibility index (Phi) is 5.84. The number of hydrogen-bond acceptors (Lipinski definition) is 8. The smallest absolute Gasteiger partial charge is 0.257 e. The zero-order valence-corrected chi connectivity index (χ0v) is 17.0. The second kappa shape index (κ2) is 8.30. The van der Waals surface area contributed by atoms with Crippen LogP contribution in [0.3, 0.4) is 0 Å². The molecule has 8 nitrogen and oxygen atoms in total. The first-order valence-corrected chi connectivity index (χ1v) is 9.59. The number of phenolic OH excluding ortho intramolecular Hbond substituents is 1. The minimum Gasteiger partial charge on any atom is -0.505 e. The van der Waals surface area contributed by atoms with Crippen molar-refractivity contribution in [3.05, 3.63) is 47.4 Å². The van der Waals surface area contributed by atoms with Crippen molar-refractivity contribution in [3.63, 3.8) is 0 Å². The number of aromatic nitrogens is 2. The van der Waals surface area contributed by atoms with Gasteiger partial charge in [0.05, 0.1) is 29.0 Å². The fraction of sp³-hybridized carbons (Fsp3) is 0.316. The fourth-order valence-electron chi connectivity index (χ4n) is 2.73. The number of para-hydroxylation sites is 1. The van der Waals surface area contributed by atoms with Crippen LogP contribution < -0.4 is 10.6 Å². The van der Waals surface area contributed by atoms with E-state index < -0.39 is 0 Å². The summed E-state index contributed by atoms with van der Waals surface area (Å²) in [5.74, 6) is 2.27. The van der Waals surface area contributed by atoms with Crippen LogP contribution in [0, 0.1) is 6.92 Å². The molecular formula is C19H23N5O3S. The van der Waals surface area contributed by atoms with Gasteiger partial charge in [0.1, 0.15) is 11.5 Å².